The molecule has 0 heterocycles. The topological polar surface area (TPSA) is 26.3 Å². The molecule has 0 N–H and O–H groups in total. The first-order chi connectivity index (χ1) is 9.33. The minimum atomic E-state index is -4.35. The van der Waals surface area contributed by atoms with E-state index >= 15 is 0 Å². The zero-order valence-electron chi connectivity index (χ0n) is 11.7. The summed E-state index contributed by atoms with van der Waals surface area (Å²) in [6.07, 6.45) is -3.38. The van der Waals surface area contributed by atoms with Crippen LogP contribution in [0.25, 0.3) is 0 Å². The van der Waals surface area contributed by atoms with Crippen molar-refractivity contribution in [2.75, 3.05) is 13.2 Å². The van der Waals surface area contributed by atoms with Gasteiger partial charge in [0.1, 0.15) is 6.61 Å². The molecule has 0 aromatic heterocycles. The summed E-state index contributed by atoms with van der Waals surface area (Å²) in [5.41, 5.74) is 1.66. The van der Waals surface area contributed by atoms with E-state index in [-0.39, 0.29) is 18.8 Å². The molecule has 0 fully saturated rings. The lowest BCUT2D eigenvalue weighted by Crippen LogP contribution is -2.18. The number of hydrogen-bond acceptors (Lipinski definition) is 2. The Morgan fingerprint density at radius 3 is 2.35 bits per heavy atom. The molecule has 1 aromatic rings. The number of hydrogen-bond donors (Lipinski definition) is 0. The molecule has 0 saturated carbocycles. The lowest BCUT2D eigenvalue weighted by atomic mass is 9.96. The minimum absolute atomic E-state index is 0.0429. The summed E-state index contributed by atoms with van der Waals surface area (Å²) in [6, 6.07) is 7.21. The number of carbonyl (C=O) groups excluding carboxylic acids is 1. The van der Waals surface area contributed by atoms with Gasteiger partial charge < -0.3 is 4.74 Å². The zero-order valence-corrected chi connectivity index (χ0v) is 11.7. The number of rotatable bonds is 7. The van der Waals surface area contributed by atoms with Gasteiger partial charge in [-0.1, -0.05) is 38.1 Å². The average Bonchev–Trinajstić information content (AvgIpc) is 2.41. The van der Waals surface area contributed by atoms with Crippen LogP contribution in [-0.4, -0.2) is 25.2 Å². The molecule has 0 aliphatic rings. The van der Waals surface area contributed by atoms with Crippen LogP contribution in [0.1, 0.15) is 48.5 Å². The molecule has 5 heteroatoms. The summed E-state index contributed by atoms with van der Waals surface area (Å²) >= 11 is 0. The second-order valence-corrected chi connectivity index (χ2v) is 4.77. The molecule has 112 valence electrons. The van der Waals surface area contributed by atoms with E-state index in [2.05, 4.69) is 18.6 Å². The van der Waals surface area contributed by atoms with Gasteiger partial charge >= 0.3 is 6.18 Å². The van der Waals surface area contributed by atoms with Crippen LogP contribution >= 0.6 is 0 Å². The largest absolute Gasteiger partial charge is 0.411 e. The Balaban J connectivity index is 2.44. The Hall–Kier alpha value is -1.36. The van der Waals surface area contributed by atoms with Gasteiger partial charge in [-0.25, -0.2) is 0 Å². The van der Waals surface area contributed by atoms with Gasteiger partial charge in [-0.05, 0) is 17.9 Å². The van der Waals surface area contributed by atoms with E-state index in [4.69, 9.17) is 0 Å². The Labute approximate surface area is 116 Å². The van der Waals surface area contributed by atoms with Crippen LogP contribution in [0.4, 0.5) is 13.2 Å². The molecule has 20 heavy (non-hydrogen) atoms. The molecule has 1 aromatic carbocycles. The molecule has 0 amide bonds. The van der Waals surface area contributed by atoms with Crippen molar-refractivity contribution in [2.24, 2.45) is 0 Å². The lowest BCUT2D eigenvalue weighted by Gasteiger charge is -2.10. The van der Waals surface area contributed by atoms with E-state index in [1.807, 2.05) is 12.1 Å². The number of carbonyl (C=O) groups is 1. The van der Waals surface area contributed by atoms with Gasteiger partial charge in [0.05, 0.1) is 6.61 Å². The molecule has 0 bridgehead atoms. The van der Waals surface area contributed by atoms with Crippen molar-refractivity contribution in [1.82, 2.24) is 0 Å². The number of ether oxygens (including phenoxy) is 1. The van der Waals surface area contributed by atoms with Crippen LogP contribution in [0.5, 0.6) is 0 Å². The first-order valence-electron chi connectivity index (χ1n) is 6.61. The van der Waals surface area contributed by atoms with Gasteiger partial charge in [-0.3, -0.25) is 4.79 Å². The number of Topliss-reactive ketones (excluding diaryl/α,β-unsaturated/α-hetero) is 1. The zero-order chi connectivity index (χ0) is 15.2. The third-order valence-corrected chi connectivity index (χ3v) is 3.15. The van der Waals surface area contributed by atoms with Crippen molar-refractivity contribution in [1.29, 1.82) is 0 Å². The van der Waals surface area contributed by atoms with E-state index in [1.165, 1.54) is 0 Å². The molecule has 0 radical (unpaired) electrons. The van der Waals surface area contributed by atoms with Crippen LogP contribution in [0.2, 0.25) is 0 Å². The predicted molar refractivity (Wildman–Crippen MR) is 71.0 cm³/mol. The second kappa shape index (κ2) is 7.43. The fourth-order valence-electron chi connectivity index (χ4n) is 1.73. The third-order valence-electron chi connectivity index (χ3n) is 3.15. The standard InChI is InChI=1S/C15H19F3O2/c1-3-11(2)12-4-6-13(7-5-12)14(19)8-9-20-10-15(16,17)18/h4-7,11H,3,8-10H2,1-2H3. The number of ketones is 1. The Bertz CT molecular complexity index is 424. The first kappa shape index (κ1) is 16.7. The van der Waals surface area contributed by atoms with Crippen LogP contribution in [0, 0.1) is 0 Å². The van der Waals surface area contributed by atoms with E-state index in [0.29, 0.717) is 11.5 Å². The average molecular weight is 288 g/mol. The normalized spacial score (nSPS) is 13.2. The Morgan fingerprint density at radius 1 is 1.25 bits per heavy atom. The van der Waals surface area contributed by atoms with Crippen molar-refractivity contribution in [3.63, 3.8) is 0 Å². The van der Waals surface area contributed by atoms with E-state index in [0.717, 1.165) is 12.0 Å². The van der Waals surface area contributed by atoms with Gasteiger partial charge in [0.15, 0.2) is 5.78 Å². The van der Waals surface area contributed by atoms with E-state index < -0.39 is 12.8 Å². The summed E-state index contributed by atoms with van der Waals surface area (Å²) in [5, 5.41) is 0. The van der Waals surface area contributed by atoms with Gasteiger partial charge in [-0.15, -0.1) is 0 Å². The van der Waals surface area contributed by atoms with Crippen molar-refractivity contribution in [3.05, 3.63) is 35.4 Å². The Morgan fingerprint density at radius 2 is 1.85 bits per heavy atom. The maximum absolute atomic E-state index is 11.8. The first-order valence-corrected chi connectivity index (χ1v) is 6.61. The van der Waals surface area contributed by atoms with Crippen molar-refractivity contribution >= 4 is 5.78 Å². The number of benzene rings is 1. The summed E-state index contributed by atoms with van der Waals surface area (Å²) in [6.45, 7) is 2.65. The molecule has 0 aliphatic heterocycles. The van der Waals surface area contributed by atoms with Crippen molar-refractivity contribution < 1.29 is 22.7 Å². The minimum Gasteiger partial charge on any atom is -0.372 e. The van der Waals surface area contributed by atoms with Crippen molar-refractivity contribution in [2.45, 2.75) is 38.8 Å². The quantitative estimate of drug-likeness (QED) is 0.550. The van der Waals surface area contributed by atoms with Gasteiger partial charge in [0, 0.05) is 12.0 Å². The van der Waals surface area contributed by atoms with Crippen LogP contribution in [0.3, 0.4) is 0 Å². The fourth-order valence-corrected chi connectivity index (χ4v) is 1.73. The highest BCUT2D eigenvalue weighted by atomic mass is 19.4. The summed E-state index contributed by atoms with van der Waals surface area (Å²) in [7, 11) is 0. The molecule has 1 atom stereocenters. The molecule has 2 nitrogen and oxygen atoms in total. The second-order valence-electron chi connectivity index (χ2n) is 4.77. The highest BCUT2D eigenvalue weighted by Gasteiger charge is 2.27. The summed E-state index contributed by atoms with van der Waals surface area (Å²) in [4.78, 5) is 11.8. The van der Waals surface area contributed by atoms with Gasteiger partial charge in [0.25, 0.3) is 0 Å². The highest BCUT2D eigenvalue weighted by Crippen LogP contribution is 2.19. The molecule has 1 rings (SSSR count). The molecule has 0 aliphatic carbocycles. The molecule has 0 saturated heterocycles. The number of halogens is 3. The van der Waals surface area contributed by atoms with Crippen LogP contribution in [0.15, 0.2) is 24.3 Å². The molecule has 0 spiro atoms. The van der Waals surface area contributed by atoms with Crippen molar-refractivity contribution in [3.8, 4) is 0 Å². The lowest BCUT2D eigenvalue weighted by molar-refractivity contribution is -0.173. The molecular formula is C15H19F3O2. The third kappa shape index (κ3) is 5.74. The van der Waals surface area contributed by atoms with Crippen LogP contribution in [-0.2, 0) is 4.74 Å². The smallest absolute Gasteiger partial charge is 0.372 e. The molecular weight excluding hydrogens is 269 g/mol. The Kier molecular flexibility index (Phi) is 6.20. The molecule has 1 unspecified atom stereocenters. The maximum Gasteiger partial charge on any atom is 0.411 e. The van der Waals surface area contributed by atoms with Crippen LogP contribution < -0.4 is 0 Å². The SMILES string of the molecule is CCC(C)c1ccc(C(=O)CCOCC(F)(F)F)cc1. The predicted octanol–water partition coefficient (Wildman–Crippen LogP) is 4.35. The fraction of sp³-hybridized carbons (Fsp3) is 0.533. The summed E-state index contributed by atoms with van der Waals surface area (Å²) < 4.78 is 40.0. The monoisotopic (exact) mass is 288 g/mol. The highest BCUT2D eigenvalue weighted by molar-refractivity contribution is 5.96. The maximum atomic E-state index is 11.8. The number of alkyl halides is 3. The van der Waals surface area contributed by atoms with E-state index in [9.17, 15) is 18.0 Å². The van der Waals surface area contributed by atoms with E-state index in [1.54, 1.807) is 12.1 Å². The van der Waals surface area contributed by atoms with Gasteiger partial charge in [0.2, 0.25) is 0 Å². The summed E-state index contributed by atoms with van der Waals surface area (Å²) in [5.74, 6) is 0.220. The van der Waals surface area contributed by atoms with Gasteiger partial charge in [-0.2, -0.15) is 13.2 Å².